The number of alkyl halides is 3. The van der Waals surface area contributed by atoms with Gasteiger partial charge in [0.15, 0.2) is 5.69 Å². The lowest BCUT2D eigenvalue weighted by Crippen LogP contribution is -2.05. The number of aromatic nitrogens is 4. The van der Waals surface area contributed by atoms with Gasteiger partial charge in [-0.05, 0) is 18.2 Å². The molecule has 0 aliphatic carbocycles. The predicted octanol–water partition coefficient (Wildman–Crippen LogP) is 3.49. The lowest BCUT2D eigenvalue weighted by atomic mass is 10.1. The number of nitriles is 1. The van der Waals surface area contributed by atoms with Gasteiger partial charge in [0, 0.05) is 10.9 Å². The van der Waals surface area contributed by atoms with Crippen LogP contribution in [0.3, 0.4) is 0 Å². The number of aromatic amines is 1. The zero-order valence-corrected chi connectivity index (χ0v) is 12.9. The van der Waals surface area contributed by atoms with Crippen molar-refractivity contribution in [3.8, 4) is 33.8 Å². The summed E-state index contributed by atoms with van der Waals surface area (Å²) in [5, 5.41) is 20.7. The molecule has 10 heteroatoms. The van der Waals surface area contributed by atoms with Crippen molar-refractivity contribution in [1.29, 1.82) is 5.26 Å². The molecule has 0 unspecified atom stereocenters. The van der Waals surface area contributed by atoms with Gasteiger partial charge in [0.05, 0.1) is 12.7 Å². The Morgan fingerprint density at radius 3 is 2.71 bits per heavy atom. The van der Waals surface area contributed by atoms with Crippen LogP contribution < -0.4 is 4.74 Å². The zero-order chi connectivity index (χ0) is 17.3. The quantitative estimate of drug-likeness (QED) is 0.780. The molecule has 0 aliphatic rings. The van der Waals surface area contributed by atoms with E-state index in [4.69, 9.17) is 10.00 Å². The van der Waals surface area contributed by atoms with Gasteiger partial charge in [-0.25, -0.2) is 4.98 Å². The summed E-state index contributed by atoms with van der Waals surface area (Å²) in [5.74, 6) is 0.0794. The fraction of sp³-hybridized carbons (Fsp3) is 0.143. The average Bonchev–Trinajstić information content (AvgIpc) is 3.21. The number of methoxy groups -OCH3 is 1. The summed E-state index contributed by atoms with van der Waals surface area (Å²) in [7, 11) is 1.29. The largest absolute Gasteiger partial charge is 0.497 e. The molecule has 1 N–H and O–H groups in total. The minimum absolute atomic E-state index is 0.0634. The monoisotopic (exact) mass is 351 g/mol. The molecule has 0 radical (unpaired) electrons. The van der Waals surface area contributed by atoms with Gasteiger partial charge in [0.25, 0.3) is 0 Å². The molecule has 3 rings (SSSR count). The van der Waals surface area contributed by atoms with Crippen LogP contribution in [0.15, 0.2) is 23.6 Å². The number of hydrogen-bond acceptors (Lipinski definition) is 6. The summed E-state index contributed by atoms with van der Waals surface area (Å²) in [6, 6.07) is 5.24. The van der Waals surface area contributed by atoms with Crippen LogP contribution in [0.5, 0.6) is 5.75 Å². The van der Waals surface area contributed by atoms with Gasteiger partial charge in [0.2, 0.25) is 0 Å². The van der Waals surface area contributed by atoms with Crippen molar-refractivity contribution >= 4 is 11.3 Å². The molecular weight excluding hydrogens is 343 g/mol. The third kappa shape index (κ3) is 2.93. The van der Waals surface area contributed by atoms with Crippen LogP contribution in [0.25, 0.3) is 22.0 Å². The first-order chi connectivity index (χ1) is 11.4. The van der Waals surface area contributed by atoms with E-state index in [1.54, 1.807) is 5.38 Å². The highest BCUT2D eigenvalue weighted by Crippen LogP contribution is 2.37. The first kappa shape index (κ1) is 15.9. The molecule has 0 amide bonds. The molecule has 0 spiro atoms. The van der Waals surface area contributed by atoms with Crippen molar-refractivity contribution < 1.29 is 17.9 Å². The molecule has 0 saturated carbocycles. The molecule has 2 heterocycles. The van der Waals surface area contributed by atoms with E-state index in [1.807, 2.05) is 6.07 Å². The van der Waals surface area contributed by atoms with Crippen molar-refractivity contribution in [2.75, 3.05) is 7.11 Å². The number of hydrogen-bond donors (Lipinski definition) is 1. The Kier molecular flexibility index (Phi) is 3.94. The summed E-state index contributed by atoms with van der Waals surface area (Å²) in [4.78, 5) is 4.25. The number of thiazole rings is 1. The van der Waals surface area contributed by atoms with Gasteiger partial charge in [-0.1, -0.05) is 0 Å². The van der Waals surface area contributed by atoms with Crippen molar-refractivity contribution in [2.45, 2.75) is 6.18 Å². The second kappa shape index (κ2) is 5.93. The summed E-state index contributed by atoms with van der Waals surface area (Å²) in [6.07, 6.45) is -4.50. The van der Waals surface area contributed by atoms with E-state index < -0.39 is 11.7 Å². The number of rotatable bonds is 3. The molecule has 0 bridgehead atoms. The lowest BCUT2D eigenvalue weighted by molar-refractivity contribution is -0.137. The van der Waals surface area contributed by atoms with Crippen molar-refractivity contribution in [3.05, 3.63) is 34.8 Å². The number of ether oxygens (including phenoxy) is 1. The third-order valence-electron chi connectivity index (χ3n) is 3.12. The van der Waals surface area contributed by atoms with Crippen LogP contribution in [-0.2, 0) is 6.18 Å². The standard InChI is InChI=1S/C14H8F3N5OS/c1-23-9-3-7(2-8(4-9)14(15,16)17)13-19-11(6-24-13)12-10(5-18)20-22-21-12/h2-4,6H,1H3,(H,20,21,22). The van der Waals surface area contributed by atoms with Crippen LogP contribution in [-0.4, -0.2) is 27.5 Å². The second-order valence-electron chi connectivity index (χ2n) is 4.62. The average molecular weight is 351 g/mol. The Morgan fingerprint density at radius 2 is 2.04 bits per heavy atom. The molecule has 2 aromatic heterocycles. The maximum atomic E-state index is 13.0. The molecule has 0 atom stereocenters. The first-order valence-electron chi connectivity index (χ1n) is 6.46. The van der Waals surface area contributed by atoms with Gasteiger partial charge in [0.1, 0.15) is 28.2 Å². The lowest BCUT2D eigenvalue weighted by Gasteiger charge is -2.10. The fourth-order valence-corrected chi connectivity index (χ4v) is 2.80. The van der Waals surface area contributed by atoms with Gasteiger partial charge in [-0.3, -0.25) is 0 Å². The molecule has 3 aromatic rings. The highest BCUT2D eigenvalue weighted by Gasteiger charge is 2.31. The van der Waals surface area contributed by atoms with E-state index in [0.29, 0.717) is 10.7 Å². The highest BCUT2D eigenvalue weighted by atomic mass is 32.1. The van der Waals surface area contributed by atoms with Crippen molar-refractivity contribution in [3.63, 3.8) is 0 Å². The van der Waals surface area contributed by atoms with Crippen molar-refractivity contribution in [1.82, 2.24) is 20.4 Å². The molecule has 0 fully saturated rings. The molecule has 6 nitrogen and oxygen atoms in total. The minimum Gasteiger partial charge on any atom is -0.497 e. The van der Waals surface area contributed by atoms with E-state index in [1.165, 1.54) is 13.2 Å². The van der Waals surface area contributed by atoms with Crippen LogP contribution in [0, 0.1) is 11.3 Å². The number of nitrogens with one attached hydrogen (secondary N) is 1. The Balaban J connectivity index is 2.06. The Morgan fingerprint density at radius 1 is 1.25 bits per heavy atom. The molecule has 1 aromatic carbocycles. The van der Waals surface area contributed by atoms with Gasteiger partial charge in [-0.15, -0.1) is 16.4 Å². The topological polar surface area (TPSA) is 87.5 Å². The Labute approximate surface area is 137 Å². The minimum atomic E-state index is -4.50. The third-order valence-corrected chi connectivity index (χ3v) is 4.01. The fourth-order valence-electron chi connectivity index (χ4n) is 2.01. The predicted molar refractivity (Wildman–Crippen MR) is 79.2 cm³/mol. The maximum Gasteiger partial charge on any atom is 0.416 e. The summed E-state index contributed by atoms with van der Waals surface area (Å²) in [6.45, 7) is 0. The van der Waals surface area contributed by atoms with E-state index in [0.717, 1.165) is 23.5 Å². The summed E-state index contributed by atoms with van der Waals surface area (Å²) >= 11 is 1.13. The first-order valence-corrected chi connectivity index (χ1v) is 7.33. The normalized spacial score (nSPS) is 11.3. The number of nitrogens with zero attached hydrogens (tertiary/aromatic N) is 4. The van der Waals surface area contributed by atoms with Crippen LogP contribution >= 0.6 is 11.3 Å². The Hall–Kier alpha value is -2.93. The number of benzene rings is 1. The number of H-pyrrole nitrogens is 1. The highest BCUT2D eigenvalue weighted by molar-refractivity contribution is 7.13. The van der Waals surface area contributed by atoms with E-state index in [2.05, 4.69) is 20.4 Å². The second-order valence-corrected chi connectivity index (χ2v) is 5.48. The molecule has 0 aliphatic heterocycles. The van der Waals surface area contributed by atoms with Gasteiger partial charge < -0.3 is 4.74 Å². The smallest absolute Gasteiger partial charge is 0.416 e. The van der Waals surface area contributed by atoms with E-state index in [9.17, 15) is 13.2 Å². The van der Waals surface area contributed by atoms with Crippen LogP contribution in [0.4, 0.5) is 13.2 Å². The van der Waals surface area contributed by atoms with Gasteiger partial charge in [-0.2, -0.15) is 28.7 Å². The van der Waals surface area contributed by atoms with Gasteiger partial charge >= 0.3 is 6.18 Å². The zero-order valence-electron chi connectivity index (χ0n) is 12.0. The summed E-state index contributed by atoms with van der Waals surface area (Å²) < 4.78 is 43.9. The molecular formula is C14H8F3N5OS. The van der Waals surface area contributed by atoms with Crippen LogP contribution in [0.2, 0.25) is 0 Å². The van der Waals surface area contributed by atoms with E-state index >= 15 is 0 Å². The maximum absolute atomic E-state index is 13.0. The van der Waals surface area contributed by atoms with E-state index in [-0.39, 0.29) is 22.7 Å². The SMILES string of the molecule is COc1cc(-c2nc(-c3n[nH]nc3C#N)cs2)cc(C(F)(F)F)c1. The summed E-state index contributed by atoms with van der Waals surface area (Å²) in [5.41, 5.74) is 0.108. The number of halogens is 3. The van der Waals surface area contributed by atoms with Crippen molar-refractivity contribution in [2.24, 2.45) is 0 Å². The Bertz CT molecular complexity index is 925. The molecule has 0 saturated heterocycles. The van der Waals surface area contributed by atoms with Crippen LogP contribution in [0.1, 0.15) is 11.3 Å². The molecule has 122 valence electrons. The molecule has 24 heavy (non-hydrogen) atoms.